The number of carbonyl (C=O) groups is 1. The zero-order valence-electron chi connectivity index (χ0n) is 17.1. The van der Waals surface area contributed by atoms with Gasteiger partial charge in [-0.1, -0.05) is 6.07 Å². The van der Waals surface area contributed by atoms with Gasteiger partial charge >= 0.3 is 0 Å². The normalized spacial score (nSPS) is 29.1. The Hall–Kier alpha value is -2.87. The molecule has 0 radical (unpaired) electrons. The highest BCUT2D eigenvalue weighted by Gasteiger charge is 2.63. The van der Waals surface area contributed by atoms with Gasteiger partial charge in [0.25, 0.3) is 5.91 Å². The molecule has 3 saturated heterocycles. The van der Waals surface area contributed by atoms with Crippen LogP contribution in [0.4, 0.5) is 11.8 Å². The SMILES string of the molecule is CCOc1cccc(C(=O)NC[C@H]2[C@H]3CN(c4ccnc(N)n4)C[C@]34CC[C@H]2O4)c1. The van der Waals surface area contributed by atoms with E-state index in [-0.39, 0.29) is 23.6 Å². The quantitative estimate of drug-likeness (QED) is 0.751. The molecule has 3 fully saturated rings. The van der Waals surface area contributed by atoms with E-state index in [0.717, 1.165) is 31.7 Å². The zero-order valence-corrected chi connectivity index (χ0v) is 17.1. The number of hydrogen-bond donors (Lipinski definition) is 2. The summed E-state index contributed by atoms with van der Waals surface area (Å²) < 4.78 is 12.0. The number of nitrogens with two attached hydrogens (primary N) is 1. The van der Waals surface area contributed by atoms with E-state index in [0.29, 0.717) is 36.3 Å². The van der Waals surface area contributed by atoms with E-state index in [1.165, 1.54) is 0 Å². The van der Waals surface area contributed by atoms with Crippen LogP contribution in [-0.4, -0.2) is 53.8 Å². The van der Waals surface area contributed by atoms with E-state index in [2.05, 4.69) is 20.2 Å². The van der Waals surface area contributed by atoms with Crippen LogP contribution >= 0.6 is 0 Å². The maximum Gasteiger partial charge on any atom is 0.251 e. The average Bonchev–Trinajstić information content (AvgIpc) is 3.41. The number of nitrogens with zero attached hydrogens (tertiary/aromatic N) is 3. The van der Waals surface area contributed by atoms with Crippen molar-refractivity contribution in [2.45, 2.75) is 31.5 Å². The van der Waals surface area contributed by atoms with Crippen LogP contribution in [0.5, 0.6) is 5.75 Å². The molecule has 5 rings (SSSR count). The topological polar surface area (TPSA) is 103 Å². The maximum absolute atomic E-state index is 12.7. The van der Waals surface area contributed by atoms with Crippen molar-refractivity contribution in [2.24, 2.45) is 11.8 Å². The first-order chi connectivity index (χ1) is 14.6. The average molecular weight is 409 g/mol. The number of nitrogens with one attached hydrogen (secondary N) is 1. The summed E-state index contributed by atoms with van der Waals surface area (Å²) in [6.07, 6.45) is 4.00. The smallest absolute Gasteiger partial charge is 0.251 e. The lowest BCUT2D eigenvalue weighted by Crippen LogP contribution is -2.41. The molecule has 2 aromatic rings. The monoisotopic (exact) mass is 409 g/mol. The van der Waals surface area contributed by atoms with Crippen molar-refractivity contribution in [3.05, 3.63) is 42.1 Å². The van der Waals surface area contributed by atoms with Crippen LogP contribution in [0, 0.1) is 11.8 Å². The van der Waals surface area contributed by atoms with Gasteiger partial charge < -0.3 is 25.4 Å². The minimum absolute atomic E-state index is 0.0770. The van der Waals surface area contributed by atoms with Crippen molar-refractivity contribution in [3.63, 3.8) is 0 Å². The van der Waals surface area contributed by atoms with E-state index < -0.39 is 0 Å². The van der Waals surface area contributed by atoms with Crippen LogP contribution < -0.4 is 20.7 Å². The van der Waals surface area contributed by atoms with Crippen LogP contribution in [-0.2, 0) is 4.74 Å². The van der Waals surface area contributed by atoms with Crippen molar-refractivity contribution in [3.8, 4) is 5.75 Å². The van der Waals surface area contributed by atoms with Gasteiger partial charge in [0, 0.05) is 43.2 Å². The Morgan fingerprint density at radius 3 is 3.17 bits per heavy atom. The molecular weight excluding hydrogens is 382 g/mol. The van der Waals surface area contributed by atoms with Gasteiger partial charge in [0.15, 0.2) is 0 Å². The Labute approximate surface area is 175 Å². The van der Waals surface area contributed by atoms with Gasteiger partial charge in [0.05, 0.1) is 18.3 Å². The molecule has 8 nitrogen and oxygen atoms in total. The first-order valence-electron chi connectivity index (χ1n) is 10.6. The number of carbonyl (C=O) groups excluding carboxylic acids is 1. The van der Waals surface area contributed by atoms with Gasteiger partial charge in [-0.05, 0) is 44.0 Å². The third-order valence-electron chi connectivity index (χ3n) is 6.67. The molecule has 3 N–H and O–H groups in total. The summed E-state index contributed by atoms with van der Waals surface area (Å²) in [6.45, 7) is 4.77. The minimum Gasteiger partial charge on any atom is -0.494 e. The van der Waals surface area contributed by atoms with Crippen molar-refractivity contribution < 1.29 is 14.3 Å². The maximum atomic E-state index is 12.7. The summed E-state index contributed by atoms with van der Waals surface area (Å²) in [5, 5.41) is 3.13. The van der Waals surface area contributed by atoms with E-state index in [1.807, 2.05) is 31.2 Å². The third-order valence-corrected chi connectivity index (χ3v) is 6.67. The van der Waals surface area contributed by atoms with Gasteiger partial charge in [0.2, 0.25) is 5.95 Å². The molecule has 4 atom stereocenters. The van der Waals surface area contributed by atoms with Crippen molar-refractivity contribution in [1.82, 2.24) is 15.3 Å². The van der Waals surface area contributed by atoms with Crippen LogP contribution in [0.1, 0.15) is 30.1 Å². The molecule has 2 bridgehead atoms. The predicted octanol–water partition coefficient (Wildman–Crippen LogP) is 1.87. The Kier molecular flexibility index (Phi) is 4.73. The fraction of sp³-hybridized carbons (Fsp3) is 0.500. The highest BCUT2D eigenvalue weighted by Crippen LogP contribution is 2.55. The molecule has 3 aliphatic heterocycles. The van der Waals surface area contributed by atoms with E-state index in [4.69, 9.17) is 15.2 Å². The van der Waals surface area contributed by atoms with Gasteiger partial charge in [-0.15, -0.1) is 0 Å². The lowest BCUT2D eigenvalue weighted by Gasteiger charge is -2.29. The Morgan fingerprint density at radius 1 is 1.43 bits per heavy atom. The molecule has 0 unspecified atom stereocenters. The zero-order chi connectivity index (χ0) is 20.7. The van der Waals surface area contributed by atoms with Gasteiger partial charge in [-0.2, -0.15) is 4.98 Å². The van der Waals surface area contributed by atoms with E-state index in [1.54, 1.807) is 12.3 Å². The van der Waals surface area contributed by atoms with E-state index in [9.17, 15) is 4.79 Å². The molecule has 1 amide bonds. The summed E-state index contributed by atoms with van der Waals surface area (Å²) in [5.41, 5.74) is 6.24. The standard InChI is InChI=1S/C22H27N5O3/c1-2-29-15-5-3-4-14(10-15)20(28)25-11-16-17-12-27(19-7-9-24-21(23)26-19)13-22(17)8-6-18(16)30-22/h3-5,7,9-10,16-18H,2,6,8,11-13H2,1H3,(H,25,28)(H2,23,24,26)/t16-,17+,18+,22+/m0/s1. The molecule has 4 heterocycles. The number of nitrogen functional groups attached to an aromatic ring is 1. The predicted molar refractivity (Wildman–Crippen MR) is 112 cm³/mol. The minimum atomic E-state index is -0.144. The molecule has 158 valence electrons. The summed E-state index contributed by atoms with van der Waals surface area (Å²) in [7, 11) is 0. The fourth-order valence-electron chi connectivity index (χ4n) is 5.38. The van der Waals surface area contributed by atoms with Crippen molar-refractivity contribution in [2.75, 3.05) is 36.9 Å². The molecule has 1 aromatic heterocycles. The second-order valence-corrected chi connectivity index (χ2v) is 8.35. The molecule has 8 heteroatoms. The van der Waals surface area contributed by atoms with Crippen LogP contribution in [0.25, 0.3) is 0 Å². The fourth-order valence-corrected chi connectivity index (χ4v) is 5.38. The van der Waals surface area contributed by atoms with Gasteiger partial charge in [-0.25, -0.2) is 4.98 Å². The molecule has 30 heavy (non-hydrogen) atoms. The second-order valence-electron chi connectivity index (χ2n) is 8.35. The van der Waals surface area contributed by atoms with Crippen LogP contribution in [0.3, 0.4) is 0 Å². The second kappa shape index (κ2) is 7.43. The van der Waals surface area contributed by atoms with Crippen LogP contribution in [0.2, 0.25) is 0 Å². The number of aromatic nitrogens is 2. The lowest BCUT2D eigenvalue weighted by atomic mass is 9.73. The Bertz CT molecular complexity index is 954. The Balaban J connectivity index is 1.27. The van der Waals surface area contributed by atoms with Crippen molar-refractivity contribution in [1.29, 1.82) is 0 Å². The Morgan fingerprint density at radius 2 is 2.33 bits per heavy atom. The highest BCUT2D eigenvalue weighted by atomic mass is 16.5. The summed E-state index contributed by atoms with van der Waals surface area (Å²) >= 11 is 0. The summed E-state index contributed by atoms with van der Waals surface area (Å²) in [4.78, 5) is 23.3. The van der Waals surface area contributed by atoms with Crippen molar-refractivity contribution >= 4 is 17.7 Å². The third kappa shape index (κ3) is 3.25. The first-order valence-corrected chi connectivity index (χ1v) is 10.6. The molecule has 0 saturated carbocycles. The number of benzene rings is 1. The summed E-state index contributed by atoms with van der Waals surface area (Å²) in [6, 6.07) is 9.20. The lowest BCUT2D eigenvalue weighted by molar-refractivity contribution is 0.0141. The number of anilines is 2. The first kappa shape index (κ1) is 19.1. The molecule has 3 aliphatic rings. The largest absolute Gasteiger partial charge is 0.494 e. The number of hydrogen-bond acceptors (Lipinski definition) is 7. The van der Waals surface area contributed by atoms with E-state index >= 15 is 0 Å². The van der Waals surface area contributed by atoms with Crippen LogP contribution in [0.15, 0.2) is 36.5 Å². The van der Waals surface area contributed by atoms with Gasteiger partial charge in [-0.3, -0.25) is 4.79 Å². The number of ether oxygens (including phenoxy) is 2. The molecule has 1 aromatic carbocycles. The number of fused-ring (bicyclic) bond motifs is 1. The molecule has 0 aliphatic carbocycles. The highest BCUT2D eigenvalue weighted by molar-refractivity contribution is 5.94. The molecular formula is C22H27N5O3. The number of rotatable bonds is 6. The van der Waals surface area contributed by atoms with Gasteiger partial charge in [0.1, 0.15) is 11.6 Å². The summed E-state index contributed by atoms with van der Waals surface area (Å²) in [5.74, 6) is 2.42. The number of amides is 1. The molecule has 1 spiro atoms.